The van der Waals surface area contributed by atoms with Crippen molar-refractivity contribution in [1.82, 2.24) is 14.8 Å². The Balaban J connectivity index is 1.38. The summed E-state index contributed by atoms with van der Waals surface area (Å²) < 4.78 is 15.4. The number of hydrogen-bond acceptors (Lipinski definition) is 7. The third-order valence-corrected chi connectivity index (χ3v) is 5.09. The molecule has 0 bridgehead atoms. The summed E-state index contributed by atoms with van der Waals surface area (Å²) in [6.07, 6.45) is 2.22. The molecule has 0 aliphatic carbocycles. The molecule has 9 nitrogen and oxygen atoms in total. The van der Waals surface area contributed by atoms with Gasteiger partial charge < -0.3 is 19.1 Å². The first-order valence-corrected chi connectivity index (χ1v) is 10.5. The van der Waals surface area contributed by atoms with E-state index in [1.807, 2.05) is 48.5 Å². The molecule has 0 unspecified atom stereocenters. The molecule has 1 aromatic heterocycles. The molecule has 0 N–H and O–H groups in total. The number of esters is 1. The zero-order valence-corrected chi connectivity index (χ0v) is 18.0. The van der Waals surface area contributed by atoms with Gasteiger partial charge in [0.25, 0.3) is 0 Å². The number of benzene rings is 1. The van der Waals surface area contributed by atoms with Gasteiger partial charge in [-0.2, -0.15) is 0 Å². The van der Waals surface area contributed by atoms with Crippen molar-refractivity contribution in [2.45, 2.75) is 31.9 Å². The average Bonchev–Trinajstić information content (AvgIpc) is 3.32. The number of hydrogen-bond donors (Lipinski definition) is 0. The summed E-state index contributed by atoms with van der Waals surface area (Å²) in [5, 5.41) is 0. The maximum atomic E-state index is 12.4. The highest BCUT2D eigenvalue weighted by atomic mass is 16.7. The Morgan fingerprint density at radius 2 is 1.84 bits per heavy atom. The van der Waals surface area contributed by atoms with Gasteiger partial charge in [0.15, 0.2) is 0 Å². The van der Waals surface area contributed by atoms with Crippen molar-refractivity contribution >= 4 is 18.2 Å². The van der Waals surface area contributed by atoms with E-state index in [2.05, 4.69) is 4.98 Å². The van der Waals surface area contributed by atoms with Crippen LogP contribution in [-0.4, -0.2) is 65.9 Å². The molecule has 1 fully saturated rings. The lowest BCUT2D eigenvalue weighted by molar-refractivity contribution is -0.157. The Morgan fingerprint density at radius 3 is 2.59 bits per heavy atom. The molecule has 1 aliphatic heterocycles. The Labute approximate surface area is 186 Å². The van der Waals surface area contributed by atoms with Gasteiger partial charge >= 0.3 is 18.2 Å². The van der Waals surface area contributed by atoms with Crippen LogP contribution in [0, 0.1) is 0 Å². The molecule has 9 heteroatoms. The fourth-order valence-electron chi connectivity index (χ4n) is 3.30. The van der Waals surface area contributed by atoms with E-state index in [9.17, 15) is 14.4 Å². The predicted octanol–water partition coefficient (Wildman–Crippen LogP) is 2.99. The van der Waals surface area contributed by atoms with Crippen LogP contribution in [0.15, 0.2) is 54.7 Å². The van der Waals surface area contributed by atoms with Crippen molar-refractivity contribution in [2.24, 2.45) is 0 Å². The fourth-order valence-corrected chi connectivity index (χ4v) is 3.30. The summed E-state index contributed by atoms with van der Waals surface area (Å²) in [7, 11) is 1.59. The summed E-state index contributed by atoms with van der Waals surface area (Å²) in [6, 6.07) is 14.1. The van der Waals surface area contributed by atoms with E-state index in [1.54, 1.807) is 13.2 Å². The van der Waals surface area contributed by atoms with E-state index in [4.69, 9.17) is 14.2 Å². The molecule has 1 aromatic carbocycles. The van der Waals surface area contributed by atoms with E-state index in [0.29, 0.717) is 32.4 Å². The number of amides is 2. The maximum absolute atomic E-state index is 12.4. The molecule has 1 atom stereocenters. The van der Waals surface area contributed by atoms with Crippen LogP contribution < -0.4 is 0 Å². The normalized spacial score (nSPS) is 15.2. The fraction of sp³-hybridized carbons (Fsp3) is 0.391. The average molecular weight is 441 g/mol. The summed E-state index contributed by atoms with van der Waals surface area (Å²) in [4.78, 5) is 43.8. The monoisotopic (exact) mass is 441 g/mol. The summed E-state index contributed by atoms with van der Waals surface area (Å²) in [5.41, 5.74) is 1.72. The standard InChI is InChI=1S/C23H27N3O6/c1-25(15-12-19-10-5-6-13-24-19)22(28)32-17-31-21(27)20-11-7-14-26(20)23(29)30-16-18-8-3-2-4-9-18/h2-6,8-10,13,20H,7,11-12,14-17H2,1H3/t20-/m0/s1. The van der Waals surface area contributed by atoms with Crippen LogP contribution in [0.1, 0.15) is 24.1 Å². The molecule has 32 heavy (non-hydrogen) atoms. The lowest BCUT2D eigenvalue weighted by Gasteiger charge is -2.23. The number of nitrogens with zero attached hydrogens (tertiary/aromatic N) is 3. The Morgan fingerprint density at radius 1 is 1.06 bits per heavy atom. The third kappa shape index (κ3) is 6.69. The highest BCUT2D eigenvalue weighted by Crippen LogP contribution is 2.20. The van der Waals surface area contributed by atoms with Crippen LogP contribution in [0.4, 0.5) is 9.59 Å². The summed E-state index contributed by atoms with van der Waals surface area (Å²) in [5.74, 6) is -0.622. The van der Waals surface area contributed by atoms with Crippen LogP contribution in [0.25, 0.3) is 0 Å². The zero-order chi connectivity index (χ0) is 22.8. The second-order valence-electron chi connectivity index (χ2n) is 7.38. The molecule has 170 valence electrons. The zero-order valence-electron chi connectivity index (χ0n) is 18.0. The van der Waals surface area contributed by atoms with Crippen LogP contribution in [0.5, 0.6) is 0 Å². The molecule has 2 aromatic rings. The van der Waals surface area contributed by atoms with E-state index < -0.39 is 31.0 Å². The van der Waals surface area contributed by atoms with Gasteiger partial charge in [-0.1, -0.05) is 36.4 Å². The lowest BCUT2D eigenvalue weighted by atomic mass is 10.2. The molecule has 1 saturated heterocycles. The van der Waals surface area contributed by atoms with E-state index >= 15 is 0 Å². The minimum Gasteiger partial charge on any atom is -0.445 e. The number of likely N-dealkylation sites (tertiary alicyclic amines) is 1. The molecule has 0 radical (unpaired) electrons. The van der Waals surface area contributed by atoms with Gasteiger partial charge in [0, 0.05) is 38.4 Å². The van der Waals surface area contributed by atoms with Crippen LogP contribution in [-0.2, 0) is 32.0 Å². The predicted molar refractivity (Wildman–Crippen MR) is 114 cm³/mol. The van der Waals surface area contributed by atoms with Gasteiger partial charge in [-0.25, -0.2) is 14.4 Å². The van der Waals surface area contributed by atoms with Gasteiger partial charge in [0.2, 0.25) is 6.79 Å². The van der Waals surface area contributed by atoms with E-state index in [1.165, 1.54) is 9.80 Å². The minimum atomic E-state index is -0.751. The molecule has 0 saturated carbocycles. The highest BCUT2D eigenvalue weighted by Gasteiger charge is 2.36. The maximum Gasteiger partial charge on any atom is 0.412 e. The smallest absolute Gasteiger partial charge is 0.412 e. The lowest BCUT2D eigenvalue weighted by Crippen LogP contribution is -2.42. The number of rotatable bonds is 8. The van der Waals surface area contributed by atoms with Crippen molar-refractivity contribution < 1.29 is 28.6 Å². The van der Waals surface area contributed by atoms with E-state index in [-0.39, 0.29) is 6.61 Å². The van der Waals surface area contributed by atoms with Gasteiger partial charge in [0.1, 0.15) is 12.6 Å². The van der Waals surface area contributed by atoms with Crippen molar-refractivity contribution in [3.05, 3.63) is 66.0 Å². The SMILES string of the molecule is CN(CCc1ccccn1)C(=O)OCOC(=O)[C@@H]1CCCN1C(=O)OCc1ccccc1. The molecule has 2 amide bonds. The largest absolute Gasteiger partial charge is 0.445 e. The van der Waals surface area contributed by atoms with Crippen LogP contribution in [0.2, 0.25) is 0 Å². The van der Waals surface area contributed by atoms with Crippen molar-refractivity contribution in [1.29, 1.82) is 0 Å². The van der Waals surface area contributed by atoms with Crippen molar-refractivity contribution in [3.63, 3.8) is 0 Å². The number of likely N-dealkylation sites (N-methyl/N-ethyl adjacent to an activating group) is 1. The second-order valence-corrected chi connectivity index (χ2v) is 7.38. The Hall–Kier alpha value is -3.62. The van der Waals surface area contributed by atoms with Gasteiger partial charge in [0.05, 0.1) is 0 Å². The number of carbonyl (C=O) groups is 3. The van der Waals surface area contributed by atoms with Gasteiger partial charge in [-0.3, -0.25) is 9.88 Å². The first kappa shape index (κ1) is 23.1. The molecule has 2 heterocycles. The quantitative estimate of drug-likeness (QED) is 0.459. The summed E-state index contributed by atoms with van der Waals surface area (Å²) >= 11 is 0. The molecule has 0 spiro atoms. The number of carbonyl (C=O) groups excluding carboxylic acids is 3. The van der Waals surface area contributed by atoms with Crippen molar-refractivity contribution in [3.8, 4) is 0 Å². The van der Waals surface area contributed by atoms with Crippen molar-refractivity contribution in [2.75, 3.05) is 26.9 Å². The topological polar surface area (TPSA) is 98.3 Å². The van der Waals surface area contributed by atoms with Gasteiger partial charge in [-0.15, -0.1) is 0 Å². The van der Waals surface area contributed by atoms with Crippen LogP contribution in [0.3, 0.4) is 0 Å². The van der Waals surface area contributed by atoms with Crippen LogP contribution >= 0.6 is 0 Å². The minimum absolute atomic E-state index is 0.125. The first-order chi connectivity index (χ1) is 15.5. The second kappa shape index (κ2) is 11.7. The number of pyridine rings is 1. The molecule has 3 rings (SSSR count). The third-order valence-electron chi connectivity index (χ3n) is 5.09. The number of aromatic nitrogens is 1. The first-order valence-electron chi connectivity index (χ1n) is 10.5. The summed E-state index contributed by atoms with van der Waals surface area (Å²) in [6.45, 7) is 0.423. The Bertz CT molecular complexity index is 893. The van der Waals surface area contributed by atoms with E-state index in [0.717, 1.165) is 11.3 Å². The van der Waals surface area contributed by atoms with Gasteiger partial charge in [-0.05, 0) is 30.5 Å². The number of ether oxygens (including phenoxy) is 3. The molecular weight excluding hydrogens is 414 g/mol. The highest BCUT2D eigenvalue weighted by molar-refractivity contribution is 5.82. The Kier molecular flexibility index (Phi) is 8.42. The molecular formula is C23H27N3O6. The molecule has 1 aliphatic rings.